The number of hydrogen-bond donors (Lipinski definition) is 2. The van der Waals surface area contributed by atoms with Crippen LogP contribution in [0.1, 0.15) is 30.6 Å². The van der Waals surface area contributed by atoms with Crippen molar-refractivity contribution in [3.63, 3.8) is 0 Å². The number of aryl methyl sites for hydroxylation is 1. The second-order valence-corrected chi connectivity index (χ2v) is 12.3. The van der Waals surface area contributed by atoms with E-state index in [-0.39, 0.29) is 5.91 Å². The fourth-order valence-electron chi connectivity index (χ4n) is 4.72. The van der Waals surface area contributed by atoms with Gasteiger partial charge in [0, 0.05) is 29.1 Å². The number of imidazole rings is 1. The Kier molecular flexibility index (Phi) is 8.14. The maximum atomic E-state index is 12.7. The van der Waals surface area contributed by atoms with Gasteiger partial charge >= 0.3 is 6.01 Å². The molecule has 41 heavy (non-hydrogen) atoms. The Hall–Kier alpha value is -3.59. The van der Waals surface area contributed by atoms with Crippen molar-refractivity contribution < 1.29 is 23.2 Å². The van der Waals surface area contributed by atoms with Gasteiger partial charge in [-0.3, -0.25) is 9.36 Å². The molecular weight excluding hydrogens is 563 g/mol. The van der Waals surface area contributed by atoms with Crippen molar-refractivity contribution >= 4 is 42.2 Å². The minimum absolute atomic E-state index is 0.101. The summed E-state index contributed by atoms with van der Waals surface area (Å²) in [5, 5.41) is 3.58. The molecule has 9 nitrogen and oxygen atoms in total. The van der Waals surface area contributed by atoms with Crippen molar-refractivity contribution in [1.29, 1.82) is 0 Å². The van der Waals surface area contributed by atoms with Gasteiger partial charge < -0.3 is 23.7 Å². The van der Waals surface area contributed by atoms with Crippen LogP contribution in [0.25, 0.3) is 28.3 Å². The number of amides is 1. The second-order valence-electron chi connectivity index (χ2n) is 9.79. The zero-order valence-corrected chi connectivity index (χ0v) is 23.9. The van der Waals surface area contributed by atoms with E-state index < -0.39 is 7.94 Å². The van der Waals surface area contributed by atoms with E-state index in [9.17, 15) is 9.69 Å². The molecule has 0 spiro atoms. The highest BCUT2D eigenvalue weighted by Crippen LogP contribution is 2.61. The average Bonchev–Trinajstić information content (AvgIpc) is 3.59. The summed E-state index contributed by atoms with van der Waals surface area (Å²) >= 11 is 6.11. The van der Waals surface area contributed by atoms with Crippen LogP contribution in [0, 0.1) is 0 Å². The minimum atomic E-state index is -2.84. The molecule has 1 amide bonds. The number of rotatable bonds is 9. The van der Waals surface area contributed by atoms with Crippen molar-refractivity contribution in [2.24, 2.45) is 0 Å². The number of aromatic nitrogens is 3. The van der Waals surface area contributed by atoms with E-state index in [0.29, 0.717) is 66.8 Å². The van der Waals surface area contributed by atoms with Gasteiger partial charge in [0.05, 0.1) is 30.4 Å². The third-order valence-electron chi connectivity index (χ3n) is 6.77. The van der Waals surface area contributed by atoms with Crippen LogP contribution in [-0.4, -0.2) is 38.5 Å². The number of anilines is 1. The molecule has 3 heterocycles. The van der Waals surface area contributed by atoms with E-state index in [0.717, 1.165) is 28.6 Å². The highest BCUT2D eigenvalue weighted by molar-refractivity contribution is 7.59. The molecule has 1 radical (unpaired) electrons. The van der Waals surface area contributed by atoms with Crippen LogP contribution in [0.2, 0.25) is 5.02 Å². The molecule has 1 fully saturated rings. The van der Waals surface area contributed by atoms with Crippen molar-refractivity contribution in [3.05, 3.63) is 95.5 Å². The number of nitrogens with zero attached hydrogens (tertiary/aromatic N) is 3. The number of nitrogens with one attached hydrogen (secondary N) is 1. The first-order chi connectivity index (χ1) is 20.0. The number of para-hydroxylation sites is 2. The molecule has 211 valence electrons. The van der Waals surface area contributed by atoms with E-state index in [1.807, 2.05) is 77.4 Å². The predicted molar refractivity (Wildman–Crippen MR) is 159 cm³/mol. The first kappa shape index (κ1) is 27.6. The lowest BCUT2D eigenvalue weighted by Crippen LogP contribution is -2.14. The number of benzene rings is 3. The van der Waals surface area contributed by atoms with E-state index in [2.05, 4.69) is 10.3 Å². The number of carbonyl (C=O) groups excluding carboxylic acids is 1. The van der Waals surface area contributed by atoms with Crippen LogP contribution >= 0.6 is 19.5 Å². The third-order valence-corrected chi connectivity index (χ3v) is 8.95. The van der Waals surface area contributed by atoms with Gasteiger partial charge in [-0.1, -0.05) is 48.0 Å². The first-order valence-corrected chi connectivity index (χ1v) is 15.6. The molecule has 3 aromatic carbocycles. The maximum absolute atomic E-state index is 12.7. The van der Waals surface area contributed by atoms with E-state index in [4.69, 9.17) is 30.0 Å². The van der Waals surface area contributed by atoms with Crippen molar-refractivity contribution in [3.8, 4) is 17.3 Å². The molecule has 1 aliphatic heterocycles. The largest absolute Gasteiger partial charge is 0.427 e. The van der Waals surface area contributed by atoms with Gasteiger partial charge in [-0.15, -0.1) is 0 Å². The molecule has 0 atom stereocenters. The molecule has 0 unspecified atom stereocenters. The summed E-state index contributed by atoms with van der Waals surface area (Å²) < 4.78 is 19.0. The van der Waals surface area contributed by atoms with Crippen LogP contribution in [0.3, 0.4) is 0 Å². The fraction of sp³-hybridized carbons (Fsp3) is 0.233. The number of halogens is 1. The number of oxazole rings is 1. The standard InChI is InChI=1S/C30H29ClN4O5P/c31-23-13-11-22(12-14-23)29-27(40-30(34-29)35-20-32-25-5-1-2-6-26(25)35)7-3-8-28(36)33-24-15-9-21(10-16-24)19-41(37)38-17-4-18-39-41/h1-2,5-6,9-16,20,37H,3-4,7-8,17-19H2,(H,33,36). The molecule has 2 aromatic heterocycles. The van der Waals surface area contributed by atoms with Crippen LogP contribution in [0.5, 0.6) is 0 Å². The molecule has 1 saturated heterocycles. The summed E-state index contributed by atoms with van der Waals surface area (Å²) in [6, 6.07) is 23.0. The molecule has 0 saturated carbocycles. The highest BCUT2D eigenvalue weighted by Gasteiger charge is 2.30. The Morgan fingerprint density at radius 1 is 1.02 bits per heavy atom. The minimum Gasteiger partial charge on any atom is -0.427 e. The van der Waals surface area contributed by atoms with Crippen LogP contribution in [0.15, 0.2) is 83.5 Å². The van der Waals surface area contributed by atoms with Gasteiger partial charge in [-0.2, -0.15) is 4.98 Å². The van der Waals surface area contributed by atoms with E-state index >= 15 is 0 Å². The zero-order chi connectivity index (χ0) is 28.2. The van der Waals surface area contributed by atoms with Crippen molar-refractivity contribution in [2.75, 3.05) is 18.5 Å². The van der Waals surface area contributed by atoms with Gasteiger partial charge in [-0.25, -0.2) is 4.98 Å². The monoisotopic (exact) mass is 591 g/mol. The summed E-state index contributed by atoms with van der Waals surface area (Å²) in [5.74, 6) is 0.585. The molecule has 0 bridgehead atoms. The van der Waals surface area contributed by atoms with Crippen LogP contribution in [-0.2, 0) is 26.4 Å². The molecule has 6 rings (SSSR count). The lowest BCUT2D eigenvalue weighted by atomic mass is 10.1. The van der Waals surface area contributed by atoms with Gasteiger partial charge in [-0.05, 0) is 54.8 Å². The Morgan fingerprint density at radius 2 is 1.78 bits per heavy atom. The quantitative estimate of drug-likeness (QED) is 0.178. The molecule has 5 aromatic rings. The Bertz CT molecular complexity index is 1650. The lowest BCUT2D eigenvalue weighted by molar-refractivity contribution is -0.116. The summed E-state index contributed by atoms with van der Waals surface area (Å²) in [5.41, 5.74) is 4.90. The smallest absolute Gasteiger partial charge is 0.308 e. The van der Waals surface area contributed by atoms with Crippen LogP contribution < -0.4 is 5.32 Å². The normalized spacial score (nSPS) is 14.8. The predicted octanol–water partition coefficient (Wildman–Crippen LogP) is 6.99. The summed E-state index contributed by atoms with van der Waals surface area (Å²) in [6.45, 7) is 1.02. The van der Waals surface area contributed by atoms with Gasteiger partial charge in [0.25, 0.3) is 0 Å². The first-order valence-electron chi connectivity index (χ1n) is 13.4. The molecule has 11 heteroatoms. The zero-order valence-electron chi connectivity index (χ0n) is 22.2. The third kappa shape index (κ3) is 6.50. The molecule has 0 aliphatic carbocycles. The van der Waals surface area contributed by atoms with Gasteiger partial charge in [0.15, 0.2) is 0 Å². The summed E-state index contributed by atoms with van der Waals surface area (Å²) in [6.07, 6.45) is 4.20. The summed E-state index contributed by atoms with van der Waals surface area (Å²) in [7, 11) is -2.84. The Morgan fingerprint density at radius 3 is 2.56 bits per heavy atom. The number of fused-ring (bicyclic) bond motifs is 1. The molecule has 1 aliphatic rings. The van der Waals surface area contributed by atoms with E-state index in [1.165, 1.54) is 0 Å². The van der Waals surface area contributed by atoms with Crippen molar-refractivity contribution in [2.45, 2.75) is 31.8 Å². The Labute approximate surface area is 242 Å². The highest BCUT2D eigenvalue weighted by atomic mass is 35.5. The van der Waals surface area contributed by atoms with Gasteiger partial charge in [0.2, 0.25) is 13.9 Å². The fourth-order valence-corrected chi connectivity index (χ4v) is 6.60. The average molecular weight is 592 g/mol. The molecule has 2 N–H and O–H groups in total. The number of hydrogen-bond acceptors (Lipinski definition) is 7. The maximum Gasteiger partial charge on any atom is 0.308 e. The van der Waals surface area contributed by atoms with Gasteiger partial charge in [0.1, 0.15) is 17.8 Å². The summed E-state index contributed by atoms with van der Waals surface area (Å²) in [4.78, 5) is 32.5. The second kappa shape index (κ2) is 12.1. The topological polar surface area (TPSA) is 112 Å². The van der Waals surface area contributed by atoms with E-state index in [1.54, 1.807) is 6.33 Å². The molecular formula is C30H29ClN4O5P. The number of carbonyl (C=O) groups is 1. The van der Waals surface area contributed by atoms with Crippen molar-refractivity contribution in [1.82, 2.24) is 14.5 Å². The van der Waals surface area contributed by atoms with Crippen LogP contribution in [0.4, 0.5) is 5.69 Å². The lowest BCUT2D eigenvalue weighted by Gasteiger charge is -2.32. The Balaban J connectivity index is 1.11. The SMILES string of the molecule is O=C(CCCc1oc(-n2cnc3ccccc32)nc1-c1ccc(Cl)cc1)Nc1ccc(C[P]2(O)OCCCO2)cc1.